The summed E-state index contributed by atoms with van der Waals surface area (Å²) in [5.74, 6) is 0.310. The molecule has 0 saturated heterocycles. The Morgan fingerprint density at radius 2 is 1.82 bits per heavy atom. The summed E-state index contributed by atoms with van der Waals surface area (Å²) in [6, 6.07) is 1.89. The van der Waals surface area contributed by atoms with E-state index >= 15 is 0 Å². The molecule has 0 aliphatic rings. The second-order valence-electron chi connectivity index (χ2n) is 4.96. The van der Waals surface area contributed by atoms with Crippen LogP contribution in [0.25, 0.3) is 5.78 Å². The van der Waals surface area contributed by atoms with Gasteiger partial charge in [-0.2, -0.15) is 4.98 Å². The molecule has 0 fully saturated rings. The smallest absolute Gasteiger partial charge is 0.293 e. The molecule has 2 aromatic heterocycles. The first-order valence-electron chi connectivity index (χ1n) is 7.05. The number of amides is 1. The van der Waals surface area contributed by atoms with Crippen molar-refractivity contribution in [2.24, 2.45) is 0 Å². The second kappa shape index (κ2) is 7.28. The largest absolute Gasteiger partial charge is 0.383 e. The maximum Gasteiger partial charge on any atom is 0.293 e. The number of rotatable bonds is 7. The zero-order valence-electron chi connectivity index (χ0n) is 13.4. The van der Waals surface area contributed by atoms with Crippen LogP contribution in [0.1, 0.15) is 22.0 Å². The van der Waals surface area contributed by atoms with E-state index < -0.39 is 0 Å². The highest BCUT2D eigenvalue weighted by Crippen LogP contribution is 2.07. The Morgan fingerprint density at radius 3 is 2.41 bits per heavy atom. The molecule has 0 aromatic carbocycles. The molecule has 0 N–H and O–H groups in total. The van der Waals surface area contributed by atoms with Crippen LogP contribution >= 0.6 is 0 Å². The molecule has 2 heterocycles. The summed E-state index contributed by atoms with van der Waals surface area (Å²) in [7, 11) is 3.19. The van der Waals surface area contributed by atoms with E-state index in [0.29, 0.717) is 32.1 Å². The summed E-state index contributed by atoms with van der Waals surface area (Å²) in [6.45, 7) is 5.59. The van der Waals surface area contributed by atoms with Crippen molar-refractivity contribution in [3.05, 3.63) is 23.3 Å². The molecule has 0 unspecified atom stereocenters. The molecule has 2 aromatic rings. The Hall–Kier alpha value is -2.06. The summed E-state index contributed by atoms with van der Waals surface area (Å²) in [5.41, 5.74) is 1.72. The molecule has 1 amide bonds. The molecule has 120 valence electrons. The summed E-state index contributed by atoms with van der Waals surface area (Å²) >= 11 is 0. The molecule has 2 rings (SSSR count). The first-order valence-corrected chi connectivity index (χ1v) is 7.05. The van der Waals surface area contributed by atoms with E-state index in [2.05, 4.69) is 15.1 Å². The molecule has 0 aliphatic heterocycles. The number of aromatic nitrogens is 4. The zero-order chi connectivity index (χ0) is 16.1. The van der Waals surface area contributed by atoms with Crippen LogP contribution in [0.4, 0.5) is 0 Å². The van der Waals surface area contributed by atoms with Gasteiger partial charge in [-0.25, -0.2) is 9.50 Å². The summed E-state index contributed by atoms with van der Waals surface area (Å²) < 4.78 is 11.7. The molecule has 22 heavy (non-hydrogen) atoms. The zero-order valence-corrected chi connectivity index (χ0v) is 13.4. The number of fused-ring (bicyclic) bond motifs is 1. The van der Waals surface area contributed by atoms with Crippen LogP contribution in [0.2, 0.25) is 0 Å². The summed E-state index contributed by atoms with van der Waals surface area (Å²) in [5, 5.41) is 4.26. The average molecular weight is 307 g/mol. The van der Waals surface area contributed by atoms with E-state index in [1.165, 1.54) is 0 Å². The van der Waals surface area contributed by atoms with E-state index in [1.54, 1.807) is 23.6 Å². The van der Waals surface area contributed by atoms with Gasteiger partial charge in [0.25, 0.3) is 11.7 Å². The van der Waals surface area contributed by atoms with Gasteiger partial charge in [-0.05, 0) is 19.9 Å². The first kappa shape index (κ1) is 16.3. The quantitative estimate of drug-likeness (QED) is 0.740. The first-order chi connectivity index (χ1) is 10.6. The van der Waals surface area contributed by atoms with Crippen LogP contribution < -0.4 is 0 Å². The fourth-order valence-electron chi connectivity index (χ4n) is 2.12. The third-order valence-electron chi connectivity index (χ3n) is 3.23. The Balaban J connectivity index is 2.27. The topological polar surface area (TPSA) is 81.9 Å². The monoisotopic (exact) mass is 307 g/mol. The molecule has 0 saturated carbocycles. The fourth-order valence-corrected chi connectivity index (χ4v) is 2.12. The van der Waals surface area contributed by atoms with Crippen molar-refractivity contribution in [3.63, 3.8) is 0 Å². The third-order valence-corrected chi connectivity index (χ3v) is 3.23. The van der Waals surface area contributed by atoms with Crippen LogP contribution in [-0.4, -0.2) is 70.9 Å². The van der Waals surface area contributed by atoms with Crippen LogP contribution in [0.15, 0.2) is 6.07 Å². The van der Waals surface area contributed by atoms with Crippen LogP contribution in [0.3, 0.4) is 0 Å². The van der Waals surface area contributed by atoms with Gasteiger partial charge in [0, 0.05) is 38.7 Å². The van der Waals surface area contributed by atoms with E-state index in [9.17, 15) is 4.79 Å². The third kappa shape index (κ3) is 3.58. The van der Waals surface area contributed by atoms with Gasteiger partial charge in [-0.3, -0.25) is 4.79 Å². The number of hydrogen-bond acceptors (Lipinski definition) is 6. The van der Waals surface area contributed by atoms with Crippen molar-refractivity contribution in [3.8, 4) is 0 Å². The van der Waals surface area contributed by atoms with Gasteiger partial charge < -0.3 is 14.4 Å². The van der Waals surface area contributed by atoms with E-state index in [-0.39, 0.29) is 11.7 Å². The van der Waals surface area contributed by atoms with Crippen LogP contribution in [0, 0.1) is 13.8 Å². The molecule has 0 bridgehead atoms. The average Bonchev–Trinajstić information content (AvgIpc) is 2.91. The van der Waals surface area contributed by atoms with Crippen LogP contribution in [0.5, 0.6) is 0 Å². The molecular weight excluding hydrogens is 286 g/mol. The number of aryl methyl sites for hydroxylation is 2. The highest BCUT2D eigenvalue weighted by atomic mass is 16.5. The predicted molar refractivity (Wildman–Crippen MR) is 79.9 cm³/mol. The maximum atomic E-state index is 12.6. The van der Waals surface area contributed by atoms with Gasteiger partial charge in [0.15, 0.2) is 0 Å². The number of carbonyl (C=O) groups excluding carboxylic acids is 1. The number of hydrogen-bond donors (Lipinski definition) is 0. The maximum absolute atomic E-state index is 12.6. The van der Waals surface area contributed by atoms with Gasteiger partial charge in [0.1, 0.15) is 0 Å². The molecule has 0 aliphatic carbocycles. The van der Waals surface area contributed by atoms with Crippen molar-refractivity contribution < 1.29 is 14.3 Å². The normalized spacial score (nSPS) is 11.1. The van der Waals surface area contributed by atoms with E-state index in [1.807, 2.05) is 19.9 Å². The van der Waals surface area contributed by atoms with Gasteiger partial charge in [-0.1, -0.05) is 0 Å². The van der Waals surface area contributed by atoms with E-state index in [4.69, 9.17) is 9.47 Å². The van der Waals surface area contributed by atoms with Crippen molar-refractivity contribution in [2.45, 2.75) is 13.8 Å². The number of nitrogens with zero attached hydrogens (tertiary/aromatic N) is 5. The lowest BCUT2D eigenvalue weighted by molar-refractivity contribution is 0.0616. The van der Waals surface area contributed by atoms with E-state index in [0.717, 1.165) is 11.4 Å². The van der Waals surface area contributed by atoms with Crippen LogP contribution in [-0.2, 0) is 9.47 Å². The lowest BCUT2D eigenvalue weighted by Gasteiger charge is -2.20. The van der Waals surface area contributed by atoms with Crippen molar-refractivity contribution in [2.75, 3.05) is 40.5 Å². The molecular formula is C14H21N5O3. The summed E-state index contributed by atoms with van der Waals surface area (Å²) in [4.78, 5) is 22.7. The highest BCUT2D eigenvalue weighted by molar-refractivity contribution is 5.90. The molecule has 8 heteroatoms. The molecule has 0 atom stereocenters. The fraction of sp³-hybridized carbons (Fsp3) is 0.571. The SMILES string of the molecule is COCCN(CCOC)C(=O)c1nc2nc(C)cc(C)n2n1. The molecule has 8 nitrogen and oxygen atoms in total. The Kier molecular flexibility index (Phi) is 5.40. The van der Waals surface area contributed by atoms with Gasteiger partial charge in [0.05, 0.1) is 13.2 Å². The number of carbonyl (C=O) groups is 1. The van der Waals surface area contributed by atoms with Crippen molar-refractivity contribution in [1.82, 2.24) is 24.5 Å². The van der Waals surface area contributed by atoms with Gasteiger partial charge >= 0.3 is 0 Å². The lowest BCUT2D eigenvalue weighted by Crippen LogP contribution is -2.37. The highest BCUT2D eigenvalue weighted by Gasteiger charge is 2.21. The minimum Gasteiger partial charge on any atom is -0.383 e. The number of ether oxygens (including phenoxy) is 2. The minimum absolute atomic E-state index is 0.133. The Labute approximate surface area is 129 Å². The minimum atomic E-state index is -0.253. The van der Waals surface area contributed by atoms with Crippen molar-refractivity contribution in [1.29, 1.82) is 0 Å². The predicted octanol–water partition coefficient (Wildman–Crippen LogP) is 0.476. The Bertz CT molecular complexity index is 647. The second-order valence-corrected chi connectivity index (χ2v) is 4.96. The Morgan fingerprint density at radius 1 is 1.18 bits per heavy atom. The summed E-state index contributed by atoms with van der Waals surface area (Å²) in [6.07, 6.45) is 0. The number of methoxy groups -OCH3 is 2. The van der Waals surface area contributed by atoms with Gasteiger partial charge in [-0.15, -0.1) is 5.10 Å². The van der Waals surface area contributed by atoms with Crippen molar-refractivity contribution >= 4 is 11.7 Å². The lowest BCUT2D eigenvalue weighted by atomic mass is 10.4. The van der Waals surface area contributed by atoms with Gasteiger partial charge in [0.2, 0.25) is 5.82 Å². The molecule has 0 radical (unpaired) electrons. The standard InChI is InChI=1S/C14H21N5O3/c1-10-9-11(2)19-14(15-10)16-12(17-19)13(20)18(5-7-21-3)6-8-22-4/h9H,5-8H2,1-4H3. The molecule has 0 spiro atoms.